The van der Waals surface area contributed by atoms with Gasteiger partial charge < -0.3 is 5.73 Å². The van der Waals surface area contributed by atoms with E-state index < -0.39 is 0 Å². The average molecular weight is 135 g/mol. The third-order valence-corrected chi connectivity index (χ3v) is 1.68. The van der Waals surface area contributed by atoms with Crippen LogP contribution in [0.5, 0.6) is 0 Å². The Bertz CT molecular complexity index is 216. The standard InChI is InChI=1S/C9H13N/c1-7-5-3-4-6-9(7)8(2)10/h3-6,8H,10H2,1-2H3/t8-/m1/s1. The molecule has 0 aromatic heterocycles. The van der Waals surface area contributed by atoms with Gasteiger partial charge in [0.25, 0.3) is 0 Å². The van der Waals surface area contributed by atoms with Crippen LogP contribution in [-0.2, 0) is 0 Å². The van der Waals surface area contributed by atoms with E-state index in [9.17, 15) is 0 Å². The molecule has 0 aliphatic heterocycles. The van der Waals surface area contributed by atoms with Crippen LogP contribution in [0.4, 0.5) is 0 Å². The van der Waals surface area contributed by atoms with Crippen molar-refractivity contribution in [1.29, 1.82) is 0 Å². The van der Waals surface area contributed by atoms with Crippen molar-refractivity contribution in [3.63, 3.8) is 0 Å². The van der Waals surface area contributed by atoms with Gasteiger partial charge in [0.05, 0.1) is 0 Å². The van der Waals surface area contributed by atoms with Crippen molar-refractivity contribution in [3.8, 4) is 0 Å². The van der Waals surface area contributed by atoms with Crippen LogP contribution in [0.2, 0.25) is 0 Å². The fourth-order valence-corrected chi connectivity index (χ4v) is 1.10. The fraction of sp³-hybridized carbons (Fsp3) is 0.333. The average Bonchev–Trinajstić information content (AvgIpc) is 1.88. The first kappa shape index (κ1) is 7.29. The summed E-state index contributed by atoms with van der Waals surface area (Å²) in [5, 5.41) is 0. The quantitative estimate of drug-likeness (QED) is 0.626. The number of hydrogen-bond donors (Lipinski definition) is 1. The maximum Gasteiger partial charge on any atom is 0.0268 e. The summed E-state index contributed by atoms with van der Waals surface area (Å²) in [6.07, 6.45) is 0. The summed E-state index contributed by atoms with van der Waals surface area (Å²) in [6, 6.07) is 8.35. The minimum absolute atomic E-state index is 0.154. The molecule has 1 heteroatoms. The van der Waals surface area contributed by atoms with Gasteiger partial charge in [0.15, 0.2) is 0 Å². The largest absolute Gasteiger partial charge is 0.324 e. The summed E-state index contributed by atoms with van der Waals surface area (Å²) < 4.78 is 0. The molecular formula is C9H13N. The number of benzene rings is 1. The Kier molecular flexibility index (Phi) is 2.07. The monoisotopic (exact) mass is 135 g/mol. The molecule has 2 N–H and O–H groups in total. The number of aryl methyl sites for hydroxylation is 1. The second kappa shape index (κ2) is 2.84. The first-order chi connectivity index (χ1) is 4.72. The molecule has 10 heavy (non-hydrogen) atoms. The van der Waals surface area contributed by atoms with Gasteiger partial charge in [0, 0.05) is 6.04 Å². The highest BCUT2D eigenvalue weighted by Crippen LogP contribution is 2.13. The zero-order valence-electron chi connectivity index (χ0n) is 6.46. The van der Waals surface area contributed by atoms with Crippen LogP contribution in [0.3, 0.4) is 0 Å². The Labute approximate surface area is 61.9 Å². The summed E-state index contributed by atoms with van der Waals surface area (Å²) in [7, 11) is 0. The lowest BCUT2D eigenvalue weighted by Gasteiger charge is -2.07. The Morgan fingerprint density at radius 1 is 1.30 bits per heavy atom. The molecule has 0 aliphatic carbocycles. The van der Waals surface area contributed by atoms with Crippen molar-refractivity contribution in [1.82, 2.24) is 0 Å². The van der Waals surface area contributed by atoms with Gasteiger partial charge in [-0.05, 0) is 25.0 Å². The predicted octanol–water partition coefficient (Wildman–Crippen LogP) is 2.01. The first-order valence-electron chi connectivity index (χ1n) is 3.53. The molecule has 1 aromatic rings. The molecule has 1 aromatic carbocycles. The molecule has 0 fully saturated rings. The SMILES string of the molecule is Cc1ccccc1[C@@H](C)N. The summed E-state index contributed by atoms with van der Waals surface area (Å²) in [6.45, 7) is 4.08. The molecule has 0 unspecified atom stereocenters. The molecule has 0 aliphatic rings. The minimum Gasteiger partial charge on any atom is -0.324 e. The van der Waals surface area contributed by atoms with Crippen LogP contribution in [0.25, 0.3) is 0 Å². The highest BCUT2D eigenvalue weighted by Gasteiger charge is 1.99. The highest BCUT2D eigenvalue weighted by atomic mass is 14.6. The topological polar surface area (TPSA) is 26.0 Å². The van der Waals surface area contributed by atoms with Crippen LogP contribution in [-0.4, -0.2) is 0 Å². The maximum absolute atomic E-state index is 5.71. The Morgan fingerprint density at radius 3 is 2.30 bits per heavy atom. The summed E-state index contributed by atoms with van der Waals surface area (Å²) >= 11 is 0. The molecule has 1 atom stereocenters. The normalized spacial score (nSPS) is 13.1. The van der Waals surface area contributed by atoms with Crippen LogP contribution in [0, 0.1) is 6.92 Å². The third kappa shape index (κ3) is 1.36. The van der Waals surface area contributed by atoms with E-state index >= 15 is 0 Å². The van der Waals surface area contributed by atoms with E-state index in [4.69, 9.17) is 5.73 Å². The Hall–Kier alpha value is -0.820. The lowest BCUT2D eigenvalue weighted by atomic mass is 10.0. The molecule has 0 spiro atoms. The lowest BCUT2D eigenvalue weighted by molar-refractivity contribution is 0.810. The first-order valence-corrected chi connectivity index (χ1v) is 3.53. The second-order valence-corrected chi connectivity index (χ2v) is 2.65. The summed E-state index contributed by atoms with van der Waals surface area (Å²) in [4.78, 5) is 0. The van der Waals surface area contributed by atoms with Gasteiger partial charge in [0.2, 0.25) is 0 Å². The van der Waals surface area contributed by atoms with Crippen molar-refractivity contribution < 1.29 is 0 Å². The highest BCUT2D eigenvalue weighted by molar-refractivity contribution is 5.27. The number of hydrogen-bond acceptors (Lipinski definition) is 1. The van der Waals surface area contributed by atoms with Crippen LogP contribution in [0.15, 0.2) is 24.3 Å². The molecule has 0 amide bonds. The molecule has 1 nitrogen and oxygen atoms in total. The van der Waals surface area contributed by atoms with Gasteiger partial charge >= 0.3 is 0 Å². The zero-order valence-corrected chi connectivity index (χ0v) is 6.46. The van der Waals surface area contributed by atoms with Crippen LogP contribution >= 0.6 is 0 Å². The van der Waals surface area contributed by atoms with Crippen molar-refractivity contribution in [2.75, 3.05) is 0 Å². The second-order valence-electron chi connectivity index (χ2n) is 2.65. The fourth-order valence-electron chi connectivity index (χ4n) is 1.10. The Morgan fingerprint density at radius 2 is 1.90 bits per heavy atom. The van der Waals surface area contributed by atoms with Gasteiger partial charge in [-0.3, -0.25) is 0 Å². The van der Waals surface area contributed by atoms with Gasteiger partial charge in [0.1, 0.15) is 0 Å². The molecule has 0 bridgehead atoms. The van der Waals surface area contributed by atoms with Gasteiger partial charge in [-0.1, -0.05) is 24.3 Å². The number of nitrogens with two attached hydrogens (primary N) is 1. The smallest absolute Gasteiger partial charge is 0.0268 e. The van der Waals surface area contributed by atoms with Crippen molar-refractivity contribution in [2.45, 2.75) is 19.9 Å². The van der Waals surface area contributed by atoms with E-state index in [0.717, 1.165) is 0 Å². The molecule has 0 saturated carbocycles. The van der Waals surface area contributed by atoms with Gasteiger partial charge in [-0.25, -0.2) is 0 Å². The molecule has 1 rings (SSSR count). The van der Waals surface area contributed by atoms with E-state index in [-0.39, 0.29) is 6.04 Å². The maximum atomic E-state index is 5.71. The molecule has 0 heterocycles. The van der Waals surface area contributed by atoms with E-state index in [1.807, 2.05) is 19.1 Å². The Balaban J connectivity index is 3.03. The third-order valence-electron chi connectivity index (χ3n) is 1.68. The van der Waals surface area contributed by atoms with Gasteiger partial charge in [-0.2, -0.15) is 0 Å². The van der Waals surface area contributed by atoms with Crippen molar-refractivity contribution in [3.05, 3.63) is 35.4 Å². The van der Waals surface area contributed by atoms with Crippen LogP contribution in [0.1, 0.15) is 24.1 Å². The number of rotatable bonds is 1. The summed E-state index contributed by atoms with van der Waals surface area (Å²) in [5.74, 6) is 0. The van der Waals surface area contributed by atoms with E-state index in [0.29, 0.717) is 0 Å². The lowest BCUT2D eigenvalue weighted by Crippen LogP contribution is -2.06. The zero-order chi connectivity index (χ0) is 7.56. The van der Waals surface area contributed by atoms with E-state index in [1.54, 1.807) is 0 Å². The van der Waals surface area contributed by atoms with Crippen molar-refractivity contribution >= 4 is 0 Å². The van der Waals surface area contributed by atoms with E-state index in [1.165, 1.54) is 11.1 Å². The van der Waals surface area contributed by atoms with E-state index in [2.05, 4.69) is 19.1 Å². The molecule has 0 radical (unpaired) electrons. The van der Waals surface area contributed by atoms with Crippen LogP contribution < -0.4 is 5.73 Å². The minimum atomic E-state index is 0.154. The van der Waals surface area contributed by atoms with Crippen molar-refractivity contribution in [2.24, 2.45) is 5.73 Å². The predicted molar refractivity (Wildman–Crippen MR) is 43.8 cm³/mol. The summed E-state index contributed by atoms with van der Waals surface area (Å²) in [5.41, 5.74) is 8.23. The molecule has 54 valence electrons. The molecular weight excluding hydrogens is 122 g/mol. The van der Waals surface area contributed by atoms with Gasteiger partial charge in [-0.15, -0.1) is 0 Å². The molecule has 0 saturated heterocycles.